The van der Waals surface area contributed by atoms with E-state index < -0.39 is 0 Å². The molecule has 2 N–H and O–H groups in total. The van der Waals surface area contributed by atoms with Crippen LogP contribution >= 0.6 is 24.2 Å². The Balaban J connectivity index is 0. The Bertz CT molecular complexity index is 38.0. The van der Waals surface area contributed by atoms with E-state index in [1.54, 1.807) is 0 Å². The molecule has 0 aromatic rings. The first-order valence-corrected chi connectivity index (χ1v) is 4.35. The van der Waals surface area contributed by atoms with E-state index in [-0.39, 0.29) is 12.4 Å². The highest BCUT2D eigenvalue weighted by Crippen LogP contribution is 2.01. The summed E-state index contributed by atoms with van der Waals surface area (Å²) in [5, 5.41) is 0. The third-order valence-electron chi connectivity index (χ3n) is 0.904. The Morgan fingerprint density at radius 3 is 2.44 bits per heavy atom. The van der Waals surface area contributed by atoms with Gasteiger partial charge in [0.05, 0.1) is 0 Å². The van der Waals surface area contributed by atoms with E-state index in [9.17, 15) is 0 Å². The van der Waals surface area contributed by atoms with Crippen LogP contribution in [-0.4, -0.2) is 18.1 Å². The summed E-state index contributed by atoms with van der Waals surface area (Å²) in [7, 11) is 0. The van der Waals surface area contributed by atoms with Crippen molar-refractivity contribution in [2.75, 3.05) is 18.1 Å². The quantitative estimate of drug-likeness (QED) is 0.637. The minimum Gasteiger partial charge on any atom is -0.330 e. The van der Waals surface area contributed by atoms with Crippen molar-refractivity contribution in [3.8, 4) is 0 Å². The van der Waals surface area contributed by atoms with Gasteiger partial charge in [0.1, 0.15) is 0 Å². The standard InChI is InChI=1S/C6H15NS.ClH/c1-2-3-5-8-6-4-7;/h2-7H2,1H3;1H. The van der Waals surface area contributed by atoms with Gasteiger partial charge in [0.15, 0.2) is 0 Å². The number of thioether (sulfide) groups is 1. The van der Waals surface area contributed by atoms with Crippen LogP contribution in [0.5, 0.6) is 0 Å². The minimum absolute atomic E-state index is 0. The van der Waals surface area contributed by atoms with Crippen molar-refractivity contribution >= 4 is 24.2 Å². The Labute approximate surface area is 68.2 Å². The first-order chi connectivity index (χ1) is 3.91. The molecule has 0 aromatic carbocycles. The molecule has 0 aromatic heterocycles. The fourth-order valence-electron chi connectivity index (χ4n) is 0.432. The summed E-state index contributed by atoms with van der Waals surface area (Å²) < 4.78 is 0. The van der Waals surface area contributed by atoms with Crippen LogP contribution in [-0.2, 0) is 0 Å². The molecule has 0 spiro atoms. The predicted octanol–water partition coefficient (Wildman–Crippen LogP) is 1.90. The van der Waals surface area contributed by atoms with E-state index in [4.69, 9.17) is 5.73 Å². The van der Waals surface area contributed by atoms with Gasteiger partial charge in [0.2, 0.25) is 0 Å². The van der Waals surface area contributed by atoms with Crippen LogP contribution in [0.1, 0.15) is 19.8 Å². The second-order valence-corrected chi connectivity index (χ2v) is 2.98. The highest BCUT2D eigenvalue weighted by Gasteiger charge is 1.83. The van der Waals surface area contributed by atoms with Gasteiger partial charge >= 0.3 is 0 Å². The van der Waals surface area contributed by atoms with Gasteiger partial charge in [-0.05, 0) is 12.2 Å². The van der Waals surface area contributed by atoms with Gasteiger partial charge in [0, 0.05) is 12.3 Å². The molecule has 0 saturated heterocycles. The average Bonchev–Trinajstić information content (AvgIpc) is 1.81. The highest BCUT2D eigenvalue weighted by atomic mass is 35.5. The van der Waals surface area contributed by atoms with E-state index in [0.29, 0.717) is 0 Å². The lowest BCUT2D eigenvalue weighted by Gasteiger charge is -1.94. The van der Waals surface area contributed by atoms with E-state index in [0.717, 1.165) is 12.3 Å². The molecule has 1 nitrogen and oxygen atoms in total. The van der Waals surface area contributed by atoms with Gasteiger partial charge in [-0.1, -0.05) is 13.3 Å². The maximum atomic E-state index is 5.29. The third-order valence-corrected chi connectivity index (χ3v) is 2.01. The minimum atomic E-state index is 0. The zero-order valence-corrected chi connectivity index (χ0v) is 7.56. The number of hydrogen-bond donors (Lipinski definition) is 1. The van der Waals surface area contributed by atoms with Crippen molar-refractivity contribution in [1.82, 2.24) is 0 Å². The maximum absolute atomic E-state index is 5.29. The van der Waals surface area contributed by atoms with Gasteiger partial charge in [-0.15, -0.1) is 12.4 Å². The largest absolute Gasteiger partial charge is 0.330 e. The fraction of sp³-hybridized carbons (Fsp3) is 1.00. The third kappa shape index (κ3) is 11.9. The van der Waals surface area contributed by atoms with Crippen molar-refractivity contribution in [2.45, 2.75) is 19.8 Å². The van der Waals surface area contributed by atoms with Crippen molar-refractivity contribution < 1.29 is 0 Å². The molecule has 0 bridgehead atoms. The Hall–Kier alpha value is 0.600. The summed E-state index contributed by atoms with van der Waals surface area (Å²) in [6.07, 6.45) is 2.64. The average molecular weight is 170 g/mol. The summed E-state index contributed by atoms with van der Waals surface area (Å²) >= 11 is 1.95. The van der Waals surface area contributed by atoms with Gasteiger partial charge in [0.25, 0.3) is 0 Å². The zero-order chi connectivity index (χ0) is 6.24. The molecule has 3 heteroatoms. The monoisotopic (exact) mass is 169 g/mol. The van der Waals surface area contributed by atoms with E-state index >= 15 is 0 Å². The topological polar surface area (TPSA) is 26.0 Å². The van der Waals surface area contributed by atoms with Crippen molar-refractivity contribution in [2.24, 2.45) is 5.73 Å². The number of halogens is 1. The predicted molar refractivity (Wildman–Crippen MR) is 48.5 cm³/mol. The van der Waals surface area contributed by atoms with E-state index in [2.05, 4.69) is 6.92 Å². The van der Waals surface area contributed by atoms with Crippen LogP contribution in [0.2, 0.25) is 0 Å². The fourth-order valence-corrected chi connectivity index (χ4v) is 1.30. The Kier molecular flexibility index (Phi) is 15.6. The molecular formula is C6H16ClNS. The lowest BCUT2D eigenvalue weighted by Crippen LogP contribution is -2.01. The van der Waals surface area contributed by atoms with Gasteiger partial charge < -0.3 is 5.73 Å². The molecule has 0 heterocycles. The van der Waals surface area contributed by atoms with Crippen LogP contribution in [0.25, 0.3) is 0 Å². The highest BCUT2D eigenvalue weighted by molar-refractivity contribution is 7.99. The molecule has 0 aliphatic heterocycles. The van der Waals surface area contributed by atoms with Crippen LogP contribution in [0.3, 0.4) is 0 Å². The molecule has 0 amide bonds. The molecular weight excluding hydrogens is 154 g/mol. The molecule has 0 aliphatic carbocycles. The van der Waals surface area contributed by atoms with Crippen LogP contribution in [0, 0.1) is 0 Å². The molecule has 9 heavy (non-hydrogen) atoms. The molecule has 0 fully saturated rings. The number of hydrogen-bond acceptors (Lipinski definition) is 2. The maximum Gasteiger partial charge on any atom is 0.00558 e. The molecule has 0 saturated carbocycles. The van der Waals surface area contributed by atoms with Gasteiger partial charge in [-0.3, -0.25) is 0 Å². The van der Waals surface area contributed by atoms with Crippen molar-refractivity contribution in [3.05, 3.63) is 0 Å². The first kappa shape index (κ1) is 12.3. The SMILES string of the molecule is CCCCSCCN.Cl. The second kappa shape index (κ2) is 11.4. The Morgan fingerprint density at radius 2 is 2.00 bits per heavy atom. The summed E-state index contributed by atoms with van der Waals surface area (Å²) in [6, 6.07) is 0. The van der Waals surface area contributed by atoms with Crippen molar-refractivity contribution in [3.63, 3.8) is 0 Å². The van der Waals surface area contributed by atoms with Crippen LogP contribution in [0.4, 0.5) is 0 Å². The lowest BCUT2D eigenvalue weighted by atomic mass is 10.4. The summed E-state index contributed by atoms with van der Waals surface area (Å²) in [6.45, 7) is 3.04. The second-order valence-electron chi connectivity index (χ2n) is 1.75. The molecule has 58 valence electrons. The smallest absolute Gasteiger partial charge is 0.00558 e. The Morgan fingerprint density at radius 1 is 1.33 bits per heavy atom. The number of nitrogens with two attached hydrogens (primary N) is 1. The lowest BCUT2D eigenvalue weighted by molar-refractivity contribution is 0.895. The molecule has 0 aliphatic rings. The molecule has 0 atom stereocenters. The zero-order valence-electron chi connectivity index (χ0n) is 5.93. The molecule has 0 rings (SSSR count). The van der Waals surface area contributed by atoms with E-state index in [1.165, 1.54) is 18.6 Å². The summed E-state index contributed by atoms with van der Waals surface area (Å²) in [5.41, 5.74) is 5.29. The van der Waals surface area contributed by atoms with Crippen LogP contribution in [0.15, 0.2) is 0 Å². The normalized spacial score (nSPS) is 8.67. The van der Waals surface area contributed by atoms with Gasteiger partial charge in [-0.25, -0.2) is 0 Å². The number of rotatable bonds is 5. The van der Waals surface area contributed by atoms with Gasteiger partial charge in [-0.2, -0.15) is 11.8 Å². The van der Waals surface area contributed by atoms with Crippen LogP contribution < -0.4 is 5.73 Å². The summed E-state index contributed by atoms with van der Waals surface area (Å²) in [4.78, 5) is 0. The van der Waals surface area contributed by atoms with Crippen molar-refractivity contribution in [1.29, 1.82) is 0 Å². The molecule has 0 radical (unpaired) electrons. The van der Waals surface area contributed by atoms with E-state index in [1.807, 2.05) is 11.8 Å². The summed E-state index contributed by atoms with van der Waals surface area (Å²) in [5.74, 6) is 2.41. The number of unbranched alkanes of at least 4 members (excludes halogenated alkanes) is 1. The first-order valence-electron chi connectivity index (χ1n) is 3.19. The molecule has 0 unspecified atom stereocenters.